The topological polar surface area (TPSA) is 60.3 Å². The minimum atomic E-state index is 0.708. The molecule has 0 aliphatic carbocycles. The van der Waals surface area contributed by atoms with Crippen molar-refractivity contribution in [1.29, 1.82) is 0 Å². The number of aryl methyl sites for hydroxylation is 1. The molecule has 4 nitrogen and oxygen atoms in total. The van der Waals surface area contributed by atoms with Crippen molar-refractivity contribution in [1.82, 2.24) is 4.98 Å². The Bertz CT molecular complexity index is 1090. The van der Waals surface area contributed by atoms with E-state index < -0.39 is 0 Å². The molecule has 1 heterocycles. The summed E-state index contributed by atoms with van der Waals surface area (Å²) in [5, 5.41) is 1.19. The molecule has 3 N–H and O–H groups in total. The number of methoxy groups -OCH3 is 1. The number of nitrogens with one attached hydrogen (secondary N) is 1. The molecule has 0 saturated heterocycles. The largest absolute Gasteiger partial charge is 0.497 e. The minimum absolute atomic E-state index is 0.708. The smallest absolute Gasteiger partial charge is 0.128 e. The first-order valence-corrected chi connectivity index (χ1v) is 10.0. The highest BCUT2D eigenvalue weighted by atomic mass is 16.5. The second-order valence-electron chi connectivity index (χ2n) is 7.08. The van der Waals surface area contributed by atoms with Gasteiger partial charge in [-0.25, -0.2) is 0 Å². The first-order chi connectivity index (χ1) is 14.3. The summed E-state index contributed by atoms with van der Waals surface area (Å²) >= 11 is 0. The number of aromatic nitrogens is 1. The molecule has 0 bridgehead atoms. The molecule has 0 amide bonds. The molecule has 3 aromatic carbocycles. The summed E-state index contributed by atoms with van der Waals surface area (Å²) in [5.41, 5.74) is 10.4. The van der Waals surface area contributed by atoms with Gasteiger partial charge in [-0.1, -0.05) is 30.3 Å². The molecule has 0 aliphatic rings. The van der Waals surface area contributed by atoms with Crippen molar-refractivity contribution < 1.29 is 9.47 Å². The number of nitrogens with two attached hydrogens (primary N) is 1. The van der Waals surface area contributed by atoms with Gasteiger partial charge in [-0.15, -0.1) is 0 Å². The Morgan fingerprint density at radius 2 is 1.66 bits per heavy atom. The third-order valence-corrected chi connectivity index (χ3v) is 5.10. The Kier molecular flexibility index (Phi) is 5.82. The second-order valence-corrected chi connectivity index (χ2v) is 7.08. The molecular weight excluding hydrogens is 360 g/mol. The lowest BCUT2D eigenvalue weighted by molar-refractivity contribution is 0.415. The average molecular weight is 386 g/mol. The van der Waals surface area contributed by atoms with Gasteiger partial charge in [-0.2, -0.15) is 0 Å². The van der Waals surface area contributed by atoms with Crippen LogP contribution in [0.3, 0.4) is 0 Å². The number of ether oxygens (including phenoxy) is 2. The van der Waals surface area contributed by atoms with Gasteiger partial charge in [-0.05, 0) is 73.8 Å². The van der Waals surface area contributed by atoms with Gasteiger partial charge in [0.25, 0.3) is 0 Å². The zero-order valence-electron chi connectivity index (χ0n) is 16.7. The van der Waals surface area contributed by atoms with Gasteiger partial charge in [-0.3, -0.25) is 0 Å². The lowest BCUT2D eigenvalue weighted by Crippen LogP contribution is -1.99. The lowest BCUT2D eigenvalue weighted by Gasteiger charge is -2.08. The van der Waals surface area contributed by atoms with E-state index in [0.717, 1.165) is 53.3 Å². The summed E-state index contributed by atoms with van der Waals surface area (Å²) in [4.78, 5) is 3.61. The van der Waals surface area contributed by atoms with Gasteiger partial charge in [0.05, 0.1) is 7.11 Å². The molecule has 0 unspecified atom stereocenters. The highest BCUT2D eigenvalue weighted by Crippen LogP contribution is 2.35. The molecule has 0 fully saturated rings. The quantitative estimate of drug-likeness (QED) is 0.370. The highest BCUT2D eigenvalue weighted by molar-refractivity contribution is 5.92. The maximum Gasteiger partial charge on any atom is 0.128 e. The highest BCUT2D eigenvalue weighted by Gasteiger charge is 2.15. The normalized spacial score (nSPS) is 11.0. The molecular formula is C25H26N2O2. The number of fused-ring (bicyclic) bond motifs is 1. The number of para-hydroxylation sites is 1. The van der Waals surface area contributed by atoms with Crippen LogP contribution in [0.5, 0.6) is 17.2 Å². The molecule has 0 atom stereocenters. The van der Waals surface area contributed by atoms with E-state index in [2.05, 4.69) is 29.2 Å². The van der Waals surface area contributed by atoms with Gasteiger partial charge in [0.15, 0.2) is 0 Å². The molecule has 4 aromatic rings. The van der Waals surface area contributed by atoms with Crippen molar-refractivity contribution in [2.75, 3.05) is 13.7 Å². The molecule has 0 spiro atoms. The molecule has 148 valence electrons. The minimum Gasteiger partial charge on any atom is -0.497 e. The zero-order chi connectivity index (χ0) is 20.1. The number of benzene rings is 3. The van der Waals surface area contributed by atoms with Crippen LogP contribution < -0.4 is 15.2 Å². The second kappa shape index (κ2) is 8.84. The predicted molar refractivity (Wildman–Crippen MR) is 119 cm³/mol. The molecule has 0 saturated carbocycles. The van der Waals surface area contributed by atoms with E-state index in [1.165, 1.54) is 10.9 Å². The van der Waals surface area contributed by atoms with Gasteiger partial charge in [0, 0.05) is 22.2 Å². The first-order valence-electron chi connectivity index (χ1n) is 10.0. The van der Waals surface area contributed by atoms with E-state index in [-0.39, 0.29) is 0 Å². The third kappa shape index (κ3) is 4.28. The third-order valence-electron chi connectivity index (χ3n) is 5.10. The Balaban J connectivity index is 1.76. The van der Waals surface area contributed by atoms with E-state index in [9.17, 15) is 0 Å². The van der Waals surface area contributed by atoms with E-state index in [4.69, 9.17) is 15.2 Å². The number of aromatic amines is 1. The number of H-pyrrole nitrogens is 1. The first kappa shape index (κ1) is 19.1. The van der Waals surface area contributed by atoms with Crippen LogP contribution in [0.1, 0.15) is 18.4 Å². The average Bonchev–Trinajstić information content (AvgIpc) is 3.13. The van der Waals surface area contributed by atoms with Gasteiger partial charge < -0.3 is 20.2 Å². The SMILES string of the molecule is COc1cccc(-c2[nH]c3ccc(Oc4ccccc4)cc3c2CCCCN)c1. The van der Waals surface area contributed by atoms with Crippen molar-refractivity contribution in [3.05, 3.63) is 78.4 Å². The number of hydrogen-bond donors (Lipinski definition) is 2. The summed E-state index contributed by atoms with van der Waals surface area (Å²) in [7, 11) is 1.69. The molecule has 1 aromatic heterocycles. The number of unbranched alkanes of at least 4 members (excludes halogenated alkanes) is 1. The predicted octanol–water partition coefficient (Wildman–Crippen LogP) is 5.92. The van der Waals surface area contributed by atoms with Crippen molar-refractivity contribution in [2.24, 2.45) is 5.73 Å². The maximum atomic E-state index is 6.06. The summed E-state index contributed by atoms with van der Waals surface area (Å²) in [6.07, 6.45) is 3.01. The monoisotopic (exact) mass is 386 g/mol. The van der Waals surface area contributed by atoms with Crippen LogP contribution >= 0.6 is 0 Å². The van der Waals surface area contributed by atoms with E-state index in [1.54, 1.807) is 7.11 Å². The molecule has 0 aliphatic heterocycles. The summed E-state index contributed by atoms with van der Waals surface area (Å²) in [5.74, 6) is 2.52. The van der Waals surface area contributed by atoms with Gasteiger partial charge >= 0.3 is 0 Å². The Morgan fingerprint density at radius 3 is 2.45 bits per heavy atom. The zero-order valence-corrected chi connectivity index (χ0v) is 16.7. The maximum absolute atomic E-state index is 6.06. The fourth-order valence-electron chi connectivity index (χ4n) is 3.65. The fourth-order valence-corrected chi connectivity index (χ4v) is 3.65. The van der Waals surface area contributed by atoms with Crippen LogP contribution in [0.2, 0.25) is 0 Å². The Morgan fingerprint density at radius 1 is 0.828 bits per heavy atom. The van der Waals surface area contributed by atoms with Gasteiger partial charge in [0.1, 0.15) is 17.2 Å². The van der Waals surface area contributed by atoms with Crippen LogP contribution in [-0.2, 0) is 6.42 Å². The van der Waals surface area contributed by atoms with E-state index in [0.29, 0.717) is 6.54 Å². The van der Waals surface area contributed by atoms with E-state index >= 15 is 0 Å². The van der Waals surface area contributed by atoms with Crippen molar-refractivity contribution in [3.63, 3.8) is 0 Å². The Labute approximate surface area is 171 Å². The number of hydrogen-bond acceptors (Lipinski definition) is 3. The molecule has 4 heteroatoms. The lowest BCUT2D eigenvalue weighted by atomic mass is 10.00. The van der Waals surface area contributed by atoms with Crippen LogP contribution in [0.25, 0.3) is 22.2 Å². The van der Waals surface area contributed by atoms with E-state index in [1.807, 2.05) is 48.5 Å². The fraction of sp³-hybridized carbons (Fsp3) is 0.200. The van der Waals surface area contributed by atoms with Crippen molar-refractivity contribution in [2.45, 2.75) is 19.3 Å². The molecule has 4 rings (SSSR count). The number of rotatable bonds is 8. The van der Waals surface area contributed by atoms with Crippen LogP contribution in [0.4, 0.5) is 0 Å². The molecule has 0 radical (unpaired) electrons. The van der Waals surface area contributed by atoms with Crippen LogP contribution in [-0.4, -0.2) is 18.6 Å². The van der Waals surface area contributed by atoms with Crippen LogP contribution in [0.15, 0.2) is 72.8 Å². The molecule has 29 heavy (non-hydrogen) atoms. The summed E-state index contributed by atoms with van der Waals surface area (Å²) in [6.45, 7) is 0.708. The standard InChI is InChI=1S/C25H26N2O2/c1-28-20-11-7-8-18(16-20)25-22(12-5-6-15-26)23-17-21(13-14-24(23)27-25)29-19-9-3-2-4-10-19/h2-4,7-11,13-14,16-17,27H,5-6,12,15,26H2,1H3. The van der Waals surface area contributed by atoms with Crippen molar-refractivity contribution in [3.8, 4) is 28.5 Å². The van der Waals surface area contributed by atoms with Crippen LogP contribution in [0, 0.1) is 0 Å². The Hall–Kier alpha value is -3.24. The summed E-state index contributed by atoms with van der Waals surface area (Å²) < 4.78 is 11.5. The van der Waals surface area contributed by atoms with Gasteiger partial charge in [0.2, 0.25) is 0 Å². The summed E-state index contributed by atoms with van der Waals surface area (Å²) in [6, 6.07) is 24.2. The van der Waals surface area contributed by atoms with Crippen molar-refractivity contribution >= 4 is 10.9 Å².